The lowest BCUT2D eigenvalue weighted by atomic mass is 10.0. The van der Waals surface area contributed by atoms with Crippen molar-refractivity contribution in [3.05, 3.63) is 41.2 Å². The summed E-state index contributed by atoms with van der Waals surface area (Å²) in [6.45, 7) is 0. The van der Waals surface area contributed by atoms with Crippen LogP contribution < -0.4 is 4.74 Å². The minimum Gasteiger partial charge on any atom is -0.497 e. The summed E-state index contributed by atoms with van der Waals surface area (Å²) in [5.74, 6) is -0.454. The van der Waals surface area contributed by atoms with E-state index in [-0.39, 0.29) is 10.7 Å². The van der Waals surface area contributed by atoms with Gasteiger partial charge in [-0.05, 0) is 17.7 Å². The molecule has 1 heterocycles. The van der Waals surface area contributed by atoms with E-state index in [1.807, 2.05) is 0 Å². The third-order valence-corrected chi connectivity index (χ3v) is 2.69. The number of aromatic carboxylic acids is 1. The van der Waals surface area contributed by atoms with Crippen LogP contribution in [0.2, 0.25) is 5.15 Å². The molecule has 0 aliphatic rings. The van der Waals surface area contributed by atoms with Crippen LogP contribution in [0, 0.1) is 0 Å². The first-order valence-corrected chi connectivity index (χ1v) is 5.40. The Morgan fingerprint density at radius 3 is 2.56 bits per heavy atom. The molecule has 0 aliphatic carbocycles. The van der Waals surface area contributed by atoms with Gasteiger partial charge in [0.25, 0.3) is 0 Å². The highest BCUT2D eigenvalue weighted by atomic mass is 35.5. The SMILES string of the molecule is COc1ccc(-c2cnnc(Cl)c2C(=O)O)cc1. The molecule has 1 aromatic heterocycles. The van der Waals surface area contributed by atoms with Crippen molar-refractivity contribution in [3.63, 3.8) is 0 Å². The lowest BCUT2D eigenvalue weighted by molar-refractivity contribution is 0.0697. The first-order valence-electron chi connectivity index (χ1n) is 5.02. The Kier molecular flexibility index (Phi) is 3.43. The summed E-state index contributed by atoms with van der Waals surface area (Å²) >= 11 is 5.75. The Morgan fingerprint density at radius 1 is 1.33 bits per heavy atom. The van der Waals surface area contributed by atoms with E-state index in [0.29, 0.717) is 16.9 Å². The molecule has 0 saturated carbocycles. The maximum Gasteiger partial charge on any atom is 0.339 e. The molecule has 1 N–H and O–H groups in total. The smallest absolute Gasteiger partial charge is 0.339 e. The van der Waals surface area contributed by atoms with Gasteiger partial charge in [0, 0.05) is 5.56 Å². The molecule has 0 spiro atoms. The van der Waals surface area contributed by atoms with Crippen LogP contribution in [-0.2, 0) is 0 Å². The van der Waals surface area contributed by atoms with Crippen molar-refractivity contribution < 1.29 is 14.6 Å². The van der Waals surface area contributed by atoms with Gasteiger partial charge in [0.2, 0.25) is 0 Å². The van der Waals surface area contributed by atoms with Gasteiger partial charge >= 0.3 is 5.97 Å². The van der Waals surface area contributed by atoms with Crippen LogP contribution in [0.25, 0.3) is 11.1 Å². The maximum absolute atomic E-state index is 11.2. The second-order valence-electron chi connectivity index (χ2n) is 3.46. The molecule has 0 unspecified atom stereocenters. The highest BCUT2D eigenvalue weighted by Gasteiger charge is 2.17. The number of hydrogen-bond donors (Lipinski definition) is 1. The van der Waals surface area contributed by atoms with E-state index in [2.05, 4.69) is 10.2 Å². The number of benzene rings is 1. The molecule has 18 heavy (non-hydrogen) atoms. The molecule has 2 rings (SSSR count). The van der Waals surface area contributed by atoms with Crippen molar-refractivity contribution in [1.82, 2.24) is 10.2 Å². The van der Waals surface area contributed by atoms with Gasteiger partial charge in [-0.15, -0.1) is 5.10 Å². The van der Waals surface area contributed by atoms with Crippen LogP contribution in [0.5, 0.6) is 5.75 Å². The topological polar surface area (TPSA) is 72.3 Å². The van der Waals surface area contributed by atoms with E-state index >= 15 is 0 Å². The summed E-state index contributed by atoms with van der Waals surface area (Å²) in [6.07, 6.45) is 1.37. The number of carboxylic acid groups (broad SMARTS) is 1. The number of halogens is 1. The van der Waals surface area contributed by atoms with Gasteiger partial charge in [-0.25, -0.2) is 4.79 Å². The van der Waals surface area contributed by atoms with Crippen molar-refractivity contribution in [2.24, 2.45) is 0 Å². The van der Waals surface area contributed by atoms with Crippen molar-refractivity contribution in [1.29, 1.82) is 0 Å². The van der Waals surface area contributed by atoms with Crippen molar-refractivity contribution in [2.75, 3.05) is 7.11 Å². The van der Waals surface area contributed by atoms with Crippen LogP contribution in [-0.4, -0.2) is 28.4 Å². The fraction of sp³-hybridized carbons (Fsp3) is 0.0833. The molecule has 2 aromatic rings. The normalized spacial score (nSPS) is 10.1. The third-order valence-electron chi connectivity index (χ3n) is 2.42. The fourth-order valence-electron chi connectivity index (χ4n) is 1.56. The number of nitrogens with zero attached hydrogens (tertiary/aromatic N) is 2. The summed E-state index contributed by atoms with van der Waals surface area (Å²) < 4.78 is 5.04. The Bertz CT molecular complexity index is 584. The van der Waals surface area contributed by atoms with E-state index in [0.717, 1.165) is 0 Å². The Morgan fingerprint density at radius 2 is 2.00 bits per heavy atom. The molecule has 0 amide bonds. The molecule has 5 nitrogen and oxygen atoms in total. The number of carboxylic acids is 1. The predicted octanol–water partition coefficient (Wildman–Crippen LogP) is 2.50. The predicted molar refractivity (Wildman–Crippen MR) is 66.0 cm³/mol. The van der Waals surface area contributed by atoms with Crippen LogP contribution in [0.4, 0.5) is 0 Å². The Labute approximate surface area is 108 Å². The monoisotopic (exact) mass is 264 g/mol. The number of hydrogen-bond acceptors (Lipinski definition) is 4. The molecule has 0 bridgehead atoms. The number of carbonyl (C=O) groups is 1. The second kappa shape index (κ2) is 5.01. The zero-order valence-corrected chi connectivity index (χ0v) is 10.2. The summed E-state index contributed by atoms with van der Waals surface area (Å²) in [6, 6.07) is 6.93. The Balaban J connectivity index is 2.56. The van der Waals surface area contributed by atoms with Crippen molar-refractivity contribution in [3.8, 4) is 16.9 Å². The average molecular weight is 265 g/mol. The number of ether oxygens (including phenoxy) is 1. The average Bonchev–Trinajstić information content (AvgIpc) is 2.38. The van der Waals surface area contributed by atoms with Gasteiger partial charge in [0.05, 0.1) is 13.3 Å². The fourth-order valence-corrected chi connectivity index (χ4v) is 1.78. The van der Waals surface area contributed by atoms with E-state index < -0.39 is 5.97 Å². The highest BCUT2D eigenvalue weighted by molar-refractivity contribution is 6.33. The van der Waals surface area contributed by atoms with E-state index in [1.165, 1.54) is 6.20 Å². The summed E-state index contributed by atoms with van der Waals surface area (Å²) in [4.78, 5) is 11.2. The molecule has 0 saturated heterocycles. The third kappa shape index (κ3) is 2.26. The number of aromatic nitrogens is 2. The quantitative estimate of drug-likeness (QED) is 0.922. The molecule has 92 valence electrons. The van der Waals surface area contributed by atoms with E-state index in [4.69, 9.17) is 21.4 Å². The minimum atomic E-state index is -1.14. The summed E-state index contributed by atoms with van der Waals surface area (Å²) in [5.41, 5.74) is 1.05. The summed E-state index contributed by atoms with van der Waals surface area (Å²) in [7, 11) is 1.56. The van der Waals surface area contributed by atoms with Crippen molar-refractivity contribution in [2.45, 2.75) is 0 Å². The largest absolute Gasteiger partial charge is 0.497 e. The van der Waals surface area contributed by atoms with Crippen LogP contribution in [0.15, 0.2) is 30.5 Å². The first kappa shape index (κ1) is 12.3. The van der Waals surface area contributed by atoms with E-state index in [1.54, 1.807) is 31.4 Å². The lowest BCUT2D eigenvalue weighted by Crippen LogP contribution is -2.03. The molecule has 0 atom stereocenters. The van der Waals surface area contributed by atoms with Crippen molar-refractivity contribution >= 4 is 17.6 Å². The van der Waals surface area contributed by atoms with Gasteiger partial charge in [0.15, 0.2) is 5.15 Å². The molecule has 0 fully saturated rings. The molecule has 6 heteroatoms. The highest BCUT2D eigenvalue weighted by Crippen LogP contribution is 2.28. The minimum absolute atomic E-state index is 0.0585. The van der Waals surface area contributed by atoms with Crippen LogP contribution in [0.3, 0.4) is 0 Å². The van der Waals surface area contributed by atoms with Crippen LogP contribution >= 0.6 is 11.6 Å². The Hall–Kier alpha value is -2.14. The van der Waals surface area contributed by atoms with Gasteiger partial charge in [-0.1, -0.05) is 23.7 Å². The van der Waals surface area contributed by atoms with Gasteiger partial charge in [-0.2, -0.15) is 5.10 Å². The number of rotatable bonds is 3. The number of methoxy groups -OCH3 is 1. The standard InChI is InChI=1S/C12H9ClN2O3/c1-18-8-4-2-7(3-5-8)9-6-14-15-11(13)10(9)12(16)17/h2-6H,1H3,(H,16,17). The molecule has 1 aromatic carbocycles. The zero-order valence-electron chi connectivity index (χ0n) is 9.42. The molecule has 0 radical (unpaired) electrons. The summed E-state index contributed by atoms with van der Waals surface area (Å²) in [5, 5.41) is 16.2. The first-order chi connectivity index (χ1) is 8.63. The molecular formula is C12H9ClN2O3. The molecule has 0 aliphatic heterocycles. The van der Waals surface area contributed by atoms with Crippen LogP contribution in [0.1, 0.15) is 10.4 Å². The maximum atomic E-state index is 11.2. The molecular weight excluding hydrogens is 256 g/mol. The van der Waals surface area contributed by atoms with E-state index in [9.17, 15) is 4.79 Å². The van der Waals surface area contributed by atoms with Gasteiger partial charge in [0.1, 0.15) is 11.3 Å². The lowest BCUT2D eigenvalue weighted by Gasteiger charge is -2.07. The second-order valence-corrected chi connectivity index (χ2v) is 3.82. The van der Waals surface area contributed by atoms with Gasteiger partial charge < -0.3 is 9.84 Å². The zero-order chi connectivity index (χ0) is 13.1. The van der Waals surface area contributed by atoms with Gasteiger partial charge in [-0.3, -0.25) is 0 Å².